The maximum absolute atomic E-state index is 14.6. The Bertz CT molecular complexity index is 1920. The van der Waals surface area contributed by atoms with E-state index in [0.717, 1.165) is 42.0 Å². The van der Waals surface area contributed by atoms with Crippen LogP contribution < -0.4 is 20.1 Å². The number of hydrogen-bond acceptors (Lipinski definition) is 9. The summed E-state index contributed by atoms with van der Waals surface area (Å²) in [4.78, 5) is 61.7. The van der Waals surface area contributed by atoms with Crippen LogP contribution in [0.2, 0.25) is 0 Å². The van der Waals surface area contributed by atoms with E-state index in [1.54, 1.807) is 6.20 Å². The van der Waals surface area contributed by atoms with Crippen LogP contribution in [0.5, 0.6) is 5.88 Å². The van der Waals surface area contributed by atoms with Gasteiger partial charge in [0.15, 0.2) is 0 Å². The van der Waals surface area contributed by atoms with E-state index in [0.29, 0.717) is 25.1 Å². The minimum Gasteiger partial charge on any atom is -0.472 e. The third-order valence-corrected chi connectivity index (χ3v) is 12.9. The van der Waals surface area contributed by atoms with Crippen molar-refractivity contribution in [3.63, 3.8) is 0 Å². The number of amides is 4. The number of ether oxygens (including phenoxy) is 2. The lowest BCUT2D eigenvalue weighted by atomic mass is 9.90. The molecule has 1 saturated heterocycles. The molecule has 4 bridgehead atoms. The van der Waals surface area contributed by atoms with E-state index >= 15 is 0 Å². The number of fused-ring (bicyclic) bond motifs is 3. The Hall–Kier alpha value is -4.46. The third-order valence-electron chi connectivity index (χ3n) is 11.1. The molecule has 1 aromatic heterocycles. The van der Waals surface area contributed by atoms with Crippen molar-refractivity contribution in [3.05, 3.63) is 54.8 Å². The van der Waals surface area contributed by atoms with Gasteiger partial charge in [-0.3, -0.25) is 19.1 Å². The fourth-order valence-corrected chi connectivity index (χ4v) is 9.13. The first-order valence-electron chi connectivity index (χ1n) is 18.2. The van der Waals surface area contributed by atoms with E-state index < -0.39 is 74.1 Å². The minimum atomic E-state index is -3.88. The van der Waals surface area contributed by atoms with E-state index in [1.165, 1.54) is 11.0 Å². The highest BCUT2D eigenvalue weighted by Crippen LogP contribution is 2.45. The molecule has 0 radical (unpaired) electrons. The smallest absolute Gasteiger partial charge is 0.407 e. The second kappa shape index (κ2) is 13.8. The van der Waals surface area contributed by atoms with Gasteiger partial charge in [-0.15, -0.1) is 6.58 Å². The molecule has 14 heteroatoms. The SMILES string of the molecule is C=C[C@@H]1CC1(NC(=O)[C@@H]1C[C@@H]2CN1C(=O)[C@H](C1CCCC1)NC(=O)OCC(C)(C)C/C=C/c1ccc3ccnc(c3c1)O2)C(=O)NS(=O)(=O)C1CC1. The summed E-state index contributed by atoms with van der Waals surface area (Å²) in [5.74, 6) is -2.20. The summed E-state index contributed by atoms with van der Waals surface area (Å²) in [5.41, 5.74) is -0.993. The highest BCUT2D eigenvalue weighted by Gasteiger charge is 2.62. The number of hydrogen-bond donors (Lipinski definition) is 3. The monoisotopic (exact) mass is 733 g/mol. The Morgan fingerprint density at radius 2 is 1.88 bits per heavy atom. The highest BCUT2D eigenvalue weighted by atomic mass is 32.2. The fourth-order valence-electron chi connectivity index (χ4n) is 7.76. The average molecular weight is 734 g/mol. The summed E-state index contributed by atoms with van der Waals surface area (Å²) in [6.07, 6.45) is 10.9. The molecule has 5 aliphatic rings. The first-order valence-corrected chi connectivity index (χ1v) is 19.8. The van der Waals surface area contributed by atoms with Crippen molar-refractivity contribution in [1.29, 1.82) is 0 Å². The molecule has 1 unspecified atom stereocenters. The van der Waals surface area contributed by atoms with E-state index in [1.807, 2.05) is 50.3 Å². The predicted octanol–water partition coefficient (Wildman–Crippen LogP) is 3.98. The number of nitrogens with zero attached hydrogens (tertiary/aromatic N) is 2. The molecule has 2 aromatic rings. The van der Waals surface area contributed by atoms with Crippen LogP contribution in [0.3, 0.4) is 0 Å². The molecule has 52 heavy (non-hydrogen) atoms. The molecule has 3 heterocycles. The molecule has 2 aliphatic heterocycles. The van der Waals surface area contributed by atoms with Gasteiger partial charge in [0.05, 0.1) is 18.4 Å². The van der Waals surface area contributed by atoms with Crippen molar-refractivity contribution >= 4 is 50.7 Å². The molecular weight excluding hydrogens is 687 g/mol. The molecule has 4 amide bonds. The second-order valence-electron chi connectivity index (χ2n) is 15.8. The molecule has 3 saturated carbocycles. The van der Waals surface area contributed by atoms with Crippen molar-refractivity contribution in [2.45, 2.75) is 101 Å². The number of aromatic nitrogens is 1. The first-order chi connectivity index (χ1) is 24.8. The molecule has 5 atom stereocenters. The minimum absolute atomic E-state index is 0.0156. The molecular formula is C38H47N5O8S. The average Bonchev–Trinajstić information content (AvgIpc) is 3.98. The van der Waals surface area contributed by atoms with Crippen LogP contribution in [-0.4, -0.2) is 84.2 Å². The molecule has 278 valence electrons. The molecule has 7 rings (SSSR count). The zero-order valence-corrected chi connectivity index (χ0v) is 30.5. The maximum Gasteiger partial charge on any atom is 0.407 e. The van der Waals surface area contributed by atoms with Gasteiger partial charge >= 0.3 is 6.09 Å². The normalized spacial score (nSPS) is 30.0. The third kappa shape index (κ3) is 7.39. The van der Waals surface area contributed by atoms with Crippen LogP contribution >= 0.6 is 0 Å². The Morgan fingerprint density at radius 3 is 2.60 bits per heavy atom. The molecule has 13 nitrogen and oxygen atoms in total. The maximum atomic E-state index is 14.6. The number of benzene rings is 1. The number of carbonyl (C=O) groups is 4. The highest BCUT2D eigenvalue weighted by molar-refractivity contribution is 7.91. The lowest BCUT2D eigenvalue weighted by Crippen LogP contribution is -2.59. The van der Waals surface area contributed by atoms with E-state index in [9.17, 15) is 27.6 Å². The number of carbonyl (C=O) groups excluding carboxylic acids is 4. The largest absolute Gasteiger partial charge is 0.472 e. The van der Waals surface area contributed by atoms with Crippen molar-refractivity contribution in [1.82, 2.24) is 25.2 Å². The van der Waals surface area contributed by atoms with Gasteiger partial charge in [-0.1, -0.05) is 57.0 Å². The zero-order valence-electron chi connectivity index (χ0n) is 29.6. The Kier molecular flexibility index (Phi) is 9.55. The van der Waals surface area contributed by atoms with Crippen LogP contribution in [0.25, 0.3) is 16.8 Å². The van der Waals surface area contributed by atoms with E-state index in [4.69, 9.17) is 9.47 Å². The number of pyridine rings is 1. The standard InChI is InChI=1S/C38H47N5O8S/c1-4-26-20-38(26,35(46)42-52(48,49)28-13-14-28)41-32(44)30-19-27-21-43(30)34(45)31(25-9-5-6-10-25)40-36(47)50-22-37(2,3)16-7-8-23-11-12-24-15-17-39-33(51-27)29(24)18-23/h4,7-8,11-12,15,17-18,25-28,30-31H,1,5-6,9-10,13-14,16,19-22H2,2-3H3,(H,40,47)(H,41,44)(H,42,46)/b8-7+/t26-,27-,30+,31+,38?/m1/s1. The van der Waals surface area contributed by atoms with Gasteiger partial charge in [0.2, 0.25) is 27.7 Å². The van der Waals surface area contributed by atoms with Crippen LogP contribution in [0.4, 0.5) is 4.79 Å². The van der Waals surface area contributed by atoms with Crippen molar-refractivity contribution in [2.75, 3.05) is 13.2 Å². The summed E-state index contributed by atoms with van der Waals surface area (Å²) in [6, 6.07) is 5.79. The Balaban J connectivity index is 1.22. The summed E-state index contributed by atoms with van der Waals surface area (Å²) in [6.45, 7) is 7.92. The summed E-state index contributed by atoms with van der Waals surface area (Å²) < 4.78 is 39.8. The van der Waals surface area contributed by atoms with Crippen molar-refractivity contribution in [3.8, 4) is 5.88 Å². The van der Waals surface area contributed by atoms with Crippen molar-refractivity contribution < 1.29 is 37.1 Å². The number of allylic oxidation sites excluding steroid dienone is 1. The van der Waals surface area contributed by atoms with Gasteiger partial charge in [0.25, 0.3) is 5.91 Å². The predicted molar refractivity (Wildman–Crippen MR) is 193 cm³/mol. The van der Waals surface area contributed by atoms with Gasteiger partial charge in [0, 0.05) is 29.3 Å². The van der Waals surface area contributed by atoms with Gasteiger partial charge < -0.3 is 25.0 Å². The molecule has 3 aliphatic carbocycles. The Morgan fingerprint density at radius 1 is 1.12 bits per heavy atom. The number of rotatable bonds is 7. The molecule has 4 fully saturated rings. The lowest BCUT2D eigenvalue weighted by Gasteiger charge is -2.32. The summed E-state index contributed by atoms with van der Waals surface area (Å²) in [7, 11) is -3.88. The van der Waals surface area contributed by atoms with Gasteiger partial charge in [-0.25, -0.2) is 18.2 Å². The molecule has 1 aromatic carbocycles. The molecule has 3 N–H and O–H groups in total. The zero-order chi connectivity index (χ0) is 36.8. The number of alkyl carbamates (subject to hydrolysis) is 1. The van der Waals surface area contributed by atoms with Gasteiger partial charge in [0.1, 0.15) is 23.7 Å². The topological polar surface area (TPSA) is 173 Å². The van der Waals surface area contributed by atoms with E-state index in [-0.39, 0.29) is 31.9 Å². The lowest BCUT2D eigenvalue weighted by molar-refractivity contribution is -0.142. The number of cyclic esters (lactones) is 1. The van der Waals surface area contributed by atoms with Crippen LogP contribution in [0.15, 0.2) is 49.2 Å². The van der Waals surface area contributed by atoms with E-state index in [2.05, 4.69) is 26.9 Å². The van der Waals surface area contributed by atoms with Gasteiger partial charge in [-0.2, -0.15) is 0 Å². The second-order valence-corrected chi connectivity index (χ2v) is 17.7. The quantitative estimate of drug-likeness (QED) is 0.356. The van der Waals surface area contributed by atoms with Crippen molar-refractivity contribution in [2.24, 2.45) is 17.3 Å². The van der Waals surface area contributed by atoms with Crippen LogP contribution in [-0.2, 0) is 29.1 Å². The Labute approximate surface area is 304 Å². The van der Waals surface area contributed by atoms with Crippen LogP contribution in [0, 0.1) is 17.3 Å². The summed E-state index contributed by atoms with van der Waals surface area (Å²) >= 11 is 0. The number of nitrogens with one attached hydrogen (secondary N) is 3. The van der Waals surface area contributed by atoms with Crippen LogP contribution in [0.1, 0.15) is 77.2 Å². The van der Waals surface area contributed by atoms with Gasteiger partial charge in [-0.05, 0) is 67.5 Å². The number of sulfonamides is 1. The fraction of sp³-hybridized carbons (Fsp3) is 0.553. The molecule has 0 spiro atoms. The first kappa shape index (κ1) is 35.9. The summed E-state index contributed by atoms with van der Waals surface area (Å²) in [5, 5.41) is 6.73.